The number of nitrogens with one attached hydrogen (secondary N) is 2. The van der Waals surface area contributed by atoms with Gasteiger partial charge in [-0.15, -0.1) is 22.7 Å². The monoisotopic (exact) mass is 389 g/mol. The number of H-pyrrole nitrogens is 1. The average Bonchev–Trinajstić information content (AvgIpc) is 3.30. The van der Waals surface area contributed by atoms with Gasteiger partial charge in [0.2, 0.25) is 5.91 Å². The van der Waals surface area contributed by atoms with Gasteiger partial charge < -0.3 is 14.8 Å². The van der Waals surface area contributed by atoms with Crippen molar-refractivity contribution in [2.45, 2.75) is 19.9 Å². The second-order valence-corrected chi connectivity index (χ2v) is 8.45. The molecule has 2 N–H and O–H groups in total. The van der Waals surface area contributed by atoms with Crippen LogP contribution >= 0.6 is 22.7 Å². The van der Waals surface area contributed by atoms with Gasteiger partial charge in [0.1, 0.15) is 10.9 Å². The van der Waals surface area contributed by atoms with Crippen LogP contribution in [-0.4, -0.2) is 47.0 Å². The number of aromatic nitrogens is 2. The van der Waals surface area contributed by atoms with Gasteiger partial charge in [-0.2, -0.15) is 0 Å². The molecule has 6 nitrogen and oxygen atoms in total. The maximum atomic E-state index is 12.8. The summed E-state index contributed by atoms with van der Waals surface area (Å²) in [5.41, 5.74) is 0.902. The molecule has 1 atom stereocenters. The summed E-state index contributed by atoms with van der Waals surface area (Å²) in [4.78, 5) is 37.1. The predicted molar refractivity (Wildman–Crippen MR) is 105 cm³/mol. The maximum absolute atomic E-state index is 12.8. The van der Waals surface area contributed by atoms with Gasteiger partial charge >= 0.3 is 0 Å². The van der Waals surface area contributed by atoms with Crippen molar-refractivity contribution < 1.29 is 9.69 Å². The number of aromatic amines is 1. The Kier molecular flexibility index (Phi) is 4.64. The fraction of sp³-hybridized carbons (Fsp3) is 0.389. The maximum Gasteiger partial charge on any atom is 0.260 e. The van der Waals surface area contributed by atoms with E-state index >= 15 is 0 Å². The summed E-state index contributed by atoms with van der Waals surface area (Å²) in [6.07, 6.45) is 0. The van der Waals surface area contributed by atoms with Crippen molar-refractivity contribution >= 4 is 38.8 Å². The first-order valence-electron chi connectivity index (χ1n) is 8.70. The molecule has 8 heteroatoms. The minimum Gasteiger partial charge on any atom is -0.332 e. The lowest BCUT2D eigenvalue weighted by Crippen LogP contribution is -3.14. The normalized spacial score (nSPS) is 16.9. The largest absolute Gasteiger partial charge is 0.332 e. The number of fused-ring (bicyclic) bond motifs is 1. The molecule has 0 aromatic carbocycles. The smallest absolute Gasteiger partial charge is 0.260 e. The van der Waals surface area contributed by atoms with E-state index in [9.17, 15) is 9.59 Å². The molecule has 136 valence electrons. The number of carbonyl (C=O) groups is 1. The first-order valence-corrected chi connectivity index (χ1v) is 10.5. The molecule has 4 heterocycles. The quantitative estimate of drug-likeness (QED) is 0.714. The number of hydrogen-bond donors (Lipinski definition) is 2. The molecule has 3 aromatic rings. The molecule has 26 heavy (non-hydrogen) atoms. The van der Waals surface area contributed by atoms with Crippen LogP contribution in [0, 0.1) is 0 Å². The van der Waals surface area contributed by atoms with E-state index in [4.69, 9.17) is 4.98 Å². The van der Waals surface area contributed by atoms with Crippen molar-refractivity contribution in [2.24, 2.45) is 0 Å². The Hall–Kier alpha value is -2.03. The highest BCUT2D eigenvalue weighted by molar-refractivity contribution is 7.18. The summed E-state index contributed by atoms with van der Waals surface area (Å²) in [6, 6.07) is 4.11. The SMILES string of the molecule is CC(=O)N1CC[NH+]([C@@H](C)c2nc3scc(-c4cccs4)c3c(=O)[nH]2)CC1. The molecule has 1 saturated heterocycles. The molecule has 1 aliphatic rings. The zero-order valence-corrected chi connectivity index (χ0v) is 16.4. The van der Waals surface area contributed by atoms with Crippen LogP contribution < -0.4 is 10.5 Å². The Morgan fingerprint density at radius 3 is 2.77 bits per heavy atom. The third kappa shape index (κ3) is 3.08. The van der Waals surface area contributed by atoms with E-state index in [-0.39, 0.29) is 17.5 Å². The number of thiophene rings is 2. The molecule has 1 fully saturated rings. The number of amides is 1. The second kappa shape index (κ2) is 6.94. The Morgan fingerprint density at radius 2 is 2.12 bits per heavy atom. The number of nitrogens with zero attached hydrogens (tertiary/aromatic N) is 2. The fourth-order valence-electron chi connectivity index (χ4n) is 3.52. The molecule has 1 aliphatic heterocycles. The van der Waals surface area contributed by atoms with Gasteiger partial charge in [0.25, 0.3) is 5.56 Å². The van der Waals surface area contributed by atoms with E-state index in [1.807, 2.05) is 27.8 Å². The van der Waals surface area contributed by atoms with Gasteiger partial charge in [-0.05, 0) is 18.4 Å². The zero-order chi connectivity index (χ0) is 18.3. The summed E-state index contributed by atoms with van der Waals surface area (Å²) in [6.45, 7) is 6.95. The summed E-state index contributed by atoms with van der Waals surface area (Å²) >= 11 is 3.15. The van der Waals surface area contributed by atoms with Gasteiger partial charge in [-0.3, -0.25) is 9.59 Å². The molecule has 0 unspecified atom stereocenters. The average molecular weight is 390 g/mol. The Labute approximate surface area is 159 Å². The topological polar surface area (TPSA) is 70.5 Å². The van der Waals surface area contributed by atoms with Crippen LogP contribution in [0.2, 0.25) is 0 Å². The Balaban J connectivity index is 1.62. The van der Waals surface area contributed by atoms with Crippen LogP contribution in [-0.2, 0) is 4.79 Å². The highest BCUT2D eigenvalue weighted by atomic mass is 32.1. The first-order chi connectivity index (χ1) is 12.5. The standard InChI is InChI=1S/C18H20N4O2S2/c1-11(21-5-7-22(8-6-21)12(2)23)16-19-17(24)15-13(10-26-18(15)20-16)14-4-3-9-25-14/h3-4,9-11H,5-8H2,1-2H3,(H,19,20,24)/p+1/t11-/m0/s1. The third-order valence-corrected chi connectivity index (χ3v) is 6.90. The van der Waals surface area contributed by atoms with Crippen molar-refractivity contribution in [3.8, 4) is 10.4 Å². The minimum absolute atomic E-state index is 0.0664. The molecular weight excluding hydrogens is 368 g/mol. The molecule has 0 aliphatic carbocycles. The second-order valence-electron chi connectivity index (χ2n) is 6.64. The lowest BCUT2D eigenvalue weighted by Gasteiger charge is -2.34. The van der Waals surface area contributed by atoms with E-state index in [2.05, 4.69) is 11.9 Å². The summed E-state index contributed by atoms with van der Waals surface area (Å²) < 4.78 is 0. The molecule has 0 saturated carbocycles. The summed E-state index contributed by atoms with van der Waals surface area (Å²) in [5.74, 6) is 0.859. The summed E-state index contributed by atoms with van der Waals surface area (Å²) in [5, 5.41) is 4.72. The molecule has 0 spiro atoms. The molecule has 0 bridgehead atoms. The predicted octanol–water partition coefficient (Wildman–Crippen LogP) is 1.52. The van der Waals surface area contributed by atoms with Gasteiger partial charge in [0.05, 0.1) is 31.6 Å². The minimum atomic E-state index is -0.0664. The van der Waals surface area contributed by atoms with Crippen molar-refractivity contribution in [1.29, 1.82) is 0 Å². The number of hydrogen-bond acceptors (Lipinski definition) is 5. The van der Waals surface area contributed by atoms with Crippen molar-refractivity contribution in [3.63, 3.8) is 0 Å². The Morgan fingerprint density at radius 1 is 1.35 bits per heavy atom. The van der Waals surface area contributed by atoms with Gasteiger partial charge in [-0.1, -0.05) is 6.07 Å². The lowest BCUT2D eigenvalue weighted by molar-refractivity contribution is -0.934. The van der Waals surface area contributed by atoms with Crippen LogP contribution in [0.3, 0.4) is 0 Å². The number of carbonyl (C=O) groups excluding carboxylic acids is 1. The van der Waals surface area contributed by atoms with Crippen LogP contribution in [0.25, 0.3) is 20.7 Å². The highest BCUT2D eigenvalue weighted by Gasteiger charge is 2.28. The van der Waals surface area contributed by atoms with Crippen LogP contribution in [0.15, 0.2) is 27.7 Å². The van der Waals surface area contributed by atoms with E-state index in [1.165, 1.54) is 16.2 Å². The van der Waals surface area contributed by atoms with Crippen molar-refractivity contribution in [1.82, 2.24) is 14.9 Å². The first kappa shape index (κ1) is 17.4. The number of quaternary nitrogens is 1. The summed E-state index contributed by atoms with van der Waals surface area (Å²) in [7, 11) is 0. The molecule has 1 amide bonds. The number of rotatable bonds is 3. The van der Waals surface area contributed by atoms with E-state index in [0.717, 1.165) is 47.3 Å². The van der Waals surface area contributed by atoms with E-state index < -0.39 is 0 Å². The molecule has 0 radical (unpaired) electrons. The van der Waals surface area contributed by atoms with Crippen LogP contribution in [0.5, 0.6) is 0 Å². The van der Waals surface area contributed by atoms with Crippen LogP contribution in [0.4, 0.5) is 0 Å². The number of piperazine rings is 1. The van der Waals surface area contributed by atoms with Crippen molar-refractivity contribution in [2.75, 3.05) is 26.2 Å². The Bertz CT molecular complexity index is 984. The van der Waals surface area contributed by atoms with E-state index in [0.29, 0.717) is 5.39 Å². The van der Waals surface area contributed by atoms with Gasteiger partial charge in [0.15, 0.2) is 5.82 Å². The van der Waals surface area contributed by atoms with Gasteiger partial charge in [-0.25, -0.2) is 4.98 Å². The van der Waals surface area contributed by atoms with Gasteiger partial charge in [0, 0.05) is 22.7 Å². The molecular formula is C18H21N4O2S2+. The lowest BCUT2D eigenvalue weighted by atomic mass is 10.2. The van der Waals surface area contributed by atoms with Crippen LogP contribution in [0.1, 0.15) is 25.7 Å². The highest BCUT2D eigenvalue weighted by Crippen LogP contribution is 2.33. The molecule has 4 rings (SSSR count). The zero-order valence-electron chi connectivity index (χ0n) is 14.7. The van der Waals surface area contributed by atoms with Crippen molar-refractivity contribution in [3.05, 3.63) is 39.1 Å². The molecule has 3 aromatic heterocycles. The van der Waals surface area contributed by atoms with E-state index in [1.54, 1.807) is 18.3 Å². The fourth-order valence-corrected chi connectivity index (χ4v) is 5.29. The third-order valence-electron chi connectivity index (χ3n) is 5.12.